The lowest BCUT2D eigenvalue weighted by Gasteiger charge is -2.33. The van der Waals surface area contributed by atoms with Gasteiger partial charge in [-0.1, -0.05) is 49.7 Å². The summed E-state index contributed by atoms with van der Waals surface area (Å²) >= 11 is 0. The molecule has 21 heavy (non-hydrogen) atoms. The average Bonchev–Trinajstić information content (AvgIpc) is 2.55. The fraction of sp³-hybridized carbons (Fsp3) is 0.333. The van der Waals surface area contributed by atoms with Gasteiger partial charge in [0.15, 0.2) is 0 Å². The smallest absolute Gasteiger partial charge is 0.127 e. The summed E-state index contributed by atoms with van der Waals surface area (Å²) in [5, 5.41) is 0. The molecular weight excluding hydrogens is 262 g/mol. The van der Waals surface area contributed by atoms with Crippen molar-refractivity contribution in [2.75, 3.05) is 14.2 Å². The van der Waals surface area contributed by atoms with Crippen LogP contribution in [-0.2, 0) is 5.54 Å². The van der Waals surface area contributed by atoms with Crippen LogP contribution in [0, 0.1) is 0 Å². The zero-order valence-corrected chi connectivity index (χ0v) is 12.9. The molecule has 2 aromatic carbocycles. The maximum atomic E-state index is 6.84. The van der Waals surface area contributed by atoms with Crippen molar-refractivity contribution in [3.05, 3.63) is 59.7 Å². The monoisotopic (exact) mass is 285 g/mol. The van der Waals surface area contributed by atoms with Crippen molar-refractivity contribution in [3.8, 4) is 11.5 Å². The van der Waals surface area contributed by atoms with Crippen molar-refractivity contribution in [1.29, 1.82) is 0 Å². The third-order valence-corrected chi connectivity index (χ3v) is 3.81. The third-order valence-electron chi connectivity index (χ3n) is 3.81. The van der Waals surface area contributed by atoms with Crippen LogP contribution in [0.25, 0.3) is 0 Å². The zero-order chi connectivity index (χ0) is 15.3. The summed E-state index contributed by atoms with van der Waals surface area (Å²) in [7, 11) is 3.32. The highest BCUT2D eigenvalue weighted by atomic mass is 16.5. The molecule has 0 bridgehead atoms. The number of hydrogen-bond donors (Lipinski definition) is 1. The summed E-state index contributed by atoms with van der Waals surface area (Å²) in [6, 6.07) is 15.9. The largest absolute Gasteiger partial charge is 0.496 e. The number of benzene rings is 2. The van der Waals surface area contributed by atoms with Crippen molar-refractivity contribution in [2.24, 2.45) is 5.73 Å². The van der Waals surface area contributed by atoms with Gasteiger partial charge in [-0.05, 0) is 24.1 Å². The first kappa shape index (κ1) is 15.4. The van der Waals surface area contributed by atoms with Gasteiger partial charge in [0, 0.05) is 0 Å². The molecule has 0 aliphatic rings. The first-order valence-electron chi connectivity index (χ1n) is 7.23. The van der Waals surface area contributed by atoms with Gasteiger partial charge in [0.05, 0.1) is 25.3 Å². The van der Waals surface area contributed by atoms with Gasteiger partial charge in [0.25, 0.3) is 0 Å². The Labute approximate surface area is 126 Å². The molecule has 2 aromatic rings. The van der Waals surface area contributed by atoms with Crippen molar-refractivity contribution >= 4 is 0 Å². The standard InChI is InChI=1S/C18H23NO2/c1-4-13-18(19,14-9-6-5-7-10-14)17-15(20-2)11-8-12-16(17)21-3/h5-12H,4,13,19H2,1-3H3. The second-order valence-electron chi connectivity index (χ2n) is 5.12. The van der Waals surface area contributed by atoms with Crippen molar-refractivity contribution in [3.63, 3.8) is 0 Å². The molecule has 0 aliphatic heterocycles. The second kappa shape index (κ2) is 6.64. The lowest BCUT2D eigenvalue weighted by Crippen LogP contribution is -2.38. The molecule has 0 heterocycles. The van der Waals surface area contributed by atoms with E-state index >= 15 is 0 Å². The topological polar surface area (TPSA) is 44.5 Å². The van der Waals surface area contributed by atoms with Crippen LogP contribution in [0.1, 0.15) is 30.9 Å². The van der Waals surface area contributed by atoms with E-state index in [4.69, 9.17) is 15.2 Å². The van der Waals surface area contributed by atoms with E-state index in [2.05, 4.69) is 19.1 Å². The molecule has 2 N–H and O–H groups in total. The van der Waals surface area contributed by atoms with Gasteiger partial charge in [-0.3, -0.25) is 0 Å². The number of hydrogen-bond acceptors (Lipinski definition) is 3. The number of methoxy groups -OCH3 is 2. The Hall–Kier alpha value is -2.00. The second-order valence-corrected chi connectivity index (χ2v) is 5.12. The van der Waals surface area contributed by atoms with E-state index in [-0.39, 0.29) is 0 Å². The SMILES string of the molecule is CCCC(N)(c1ccccc1)c1c(OC)cccc1OC. The molecule has 3 nitrogen and oxygen atoms in total. The maximum absolute atomic E-state index is 6.84. The van der Waals surface area contributed by atoms with Crippen LogP contribution in [0.3, 0.4) is 0 Å². The highest BCUT2D eigenvalue weighted by Crippen LogP contribution is 2.42. The molecule has 0 amide bonds. The minimum Gasteiger partial charge on any atom is -0.496 e. The number of ether oxygens (including phenoxy) is 2. The molecule has 0 saturated carbocycles. The van der Waals surface area contributed by atoms with Gasteiger partial charge in [0.1, 0.15) is 11.5 Å². The Morgan fingerprint density at radius 1 is 0.905 bits per heavy atom. The highest BCUT2D eigenvalue weighted by Gasteiger charge is 2.34. The van der Waals surface area contributed by atoms with E-state index in [1.807, 2.05) is 36.4 Å². The van der Waals surface area contributed by atoms with Gasteiger partial charge < -0.3 is 15.2 Å². The summed E-state index contributed by atoms with van der Waals surface area (Å²) in [5.41, 5.74) is 8.18. The Kier molecular flexibility index (Phi) is 4.86. The molecular formula is C18H23NO2. The minimum atomic E-state index is -0.631. The van der Waals surface area contributed by atoms with Gasteiger partial charge in [-0.25, -0.2) is 0 Å². The molecule has 0 aromatic heterocycles. The van der Waals surface area contributed by atoms with Crippen LogP contribution in [0.15, 0.2) is 48.5 Å². The van der Waals surface area contributed by atoms with Crippen molar-refractivity contribution in [2.45, 2.75) is 25.3 Å². The molecule has 0 saturated heterocycles. The lowest BCUT2D eigenvalue weighted by atomic mass is 9.79. The Bertz CT molecular complexity index is 561. The van der Waals surface area contributed by atoms with E-state index in [0.29, 0.717) is 0 Å². The van der Waals surface area contributed by atoms with E-state index in [1.54, 1.807) is 14.2 Å². The summed E-state index contributed by atoms with van der Waals surface area (Å²) in [4.78, 5) is 0. The predicted molar refractivity (Wildman–Crippen MR) is 85.9 cm³/mol. The summed E-state index contributed by atoms with van der Waals surface area (Å²) in [6.45, 7) is 2.13. The molecule has 112 valence electrons. The van der Waals surface area contributed by atoms with Gasteiger partial charge in [-0.2, -0.15) is 0 Å². The van der Waals surface area contributed by atoms with Crippen molar-refractivity contribution < 1.29 is 9.47 Å². The predicted octanol–water partition coefficient (Wildman–Crippen LogP) is 3.71. The summed E-state index contributed by atoms with van der Waals surface area (Å²) < 4.78 is 11.1. The van der Waals surface area contributed by atoms with Crippen LogP contribution < -0.4 is 15.2 Å². The van der Waals surface area contributed by atoms with E-state index in [1.165, 1.54) is 0 Å². The summed E-state index contributed by atoms with van der Waals surface area (Å²) in [5.74, 6) is 1.52. The normalized spacial score (nSPS) is 13.5. The Balaban J connectivity index is 2.68. The maximum Gasteiger partial charge on any atom is 0.127 e. The van der Waals surface area contributed by atoms with Crippen LogP contribution in [-0.4, -0.2) is 14.2 Å². The molecule has 0 spiro atoms. The number of rotatable bonds is 6. The van der Waals surface area contributed by atoms with Gasteiger partial charge in [-0.15, -0.1) is 0 Å². The first-order chi connectivity index (χ1) is 10.2. The van der Waals surface area contributed by atoms with Gasteiger partial charge >= 0.3 is 0 Å². The zero-order valence-electron chi connectivity index (χ0n) is 12.9. The quantitative estimate of drug-likeness (QED) is 0.880. The van der Waals surface area contributed by atoms with Crippen LogP contribution in [0.5, 0.6) is 11.5 Å². The third kappa shape index (κ3) is 2.88. The fourth-order valence-electron chi connectivity index (χ4n) is 2.83. The lowest BCUT2D eigenvalue weighted by molar-refractivity contribution is 0.356. The van der Waals surface area contributed by atoms with E-state index in [0.717, 1.165) is 35.5 Å². The Morgan fingerprint density at radius 2 is 1.48 bits per heavy atom. The van der Waals surface area contributed by atoms with E-state index in [9.17, 15) is 0 Å². The molecule has 3 heteroatoms. The highest BCUT2D eigenvalue weighted by molar-refractivity contribution is 5.54. The molecule has 2 rings (SSSR count). The van der Waals surface area contributed by atoms with Gasteiger partial charge in [0.2, 0.25) is 0 Å². The minimum absolute atomic E-state index is 0.631. The fourth-order valence-corrected chi connectivity index (χ4v) is 2.83. The van der Waals surface area contributed by atoms with Crippen molar-refractivity contribution in [1.82, 2.24) is 0 Å². The number of nitrogens with two attached hydrogens (primary N) is 1. The van der Waals surface area contributed by atoms with E-state index < -0.39 is 5.54 Å². The van der Waals surface area contributed by atoms with Crippen LogP contribution >= 0.6 is 0 Å². The molecule has 0 aliphatic carbocycles. The van der Waals surface area contributed by atoms with Crippen LogP contribution in [0.4, 0.5) is 0 Å². The molecule has 1 unspecified atom stereocenters. The first-order valence-corrected chi connectivity index (χ1v) is 7.23. The molecule has 0 fully saturated rings. The van der Waals surface area contributed by atoms with Crippen LogP contribution in [0.2, 0.25) is 0 Å². The summed E-state index contributed by atoms with van der Waals surface area (Å²) in [6.07, 6.45) is 1.78. The molecule has 1 atom stereocenters. The average molecular weight is 285 g/mol. The Morgan fingerprint density at radius 3 is 1.95 bits per heavy atom. The molecule has 0 radical (unpaired) electrons.